The quantitative estimate of drug-likeness (QED) is 0.603. The van der Waals surface area contributed by atoms with E-state index in [-0.39, 0.29) is 17.5 Å². The Bertz CT molecular complexity index is 572. The first-order valence-electron chi connectivity index (χ1n) is 6.22. The van der Waals surface area contributed by atoms with E-state index in [0.717, 1.165) is 0 Å². The molecule has 0 aliphatic carbocycles. The highest BCUT2D eigenvalue weighted by molar-refractivity contribution is 7.89. The maximum atomic E-state index is 12.6. The minimum absolute atomic E-state index is 0.253. The molecule has 0 saturated carbocycles. The topological polar surface area (TPSA) is 92.6 Å². The molecule has 0 unspecified atom stereocenters. The molecular formula is C12H19N3O4S. The average Bonchev–Trinajstić information content (AvgIpc) is 2.38. The Balaban J connectivity index is 3.30. The molecule has 1 aromatic carbocycles. The molecule has 0 heterocycles. The van der Waals surface area contributed by atoms with E-state index < -0.39 is 20.6 Å². The van der Waals surface area contributed by atoms with Crippen LogP contribution in [0.15, 0.2) is 29.2 Å². The van der Waals surface area contributed by atoms with Crippen LogP contribution in [0.3, 0.4) is 0 Å². The van der Waals surface area contributed by atoms with E-state index in [9.17, 15) is 18.5 Å². The summed E-state index contributed by atoms with van der Waals surface area (Å²) in [4.78, 5) is 10.0. The van der Waals surface area contributed by atoms with Crippen LogP contribution in [-0.4, -0.2) is 43.8 Å². The second-order valence-electron chi connectivity index (χ2n) is 4.54. The van der Waals surface area contributed by atoms with Crippen molar-refractivity contribution in [1.29, 1.82) is 0 Å². The number of hydrogen-bond acceptors (Lipinski definition) is 5. The van der Waals surface area contributed by atoms with E-state index in [1.165, 1.54) is 28.6 Å². The molecule has 7 nitrogen and oxygen atoms in total. The van der Waals surface area contributed by atoms with Crippen LogP contribution in [0.2, 0.25) is 0 Å². The van der Waals surface area contributed by atoms with Gasteiger partial charge in [0.05, 0.1) is 4.92 Å². The van der Waals surface area contributed by atoms with Crippen LogP contribution in [0.5, 0.6) is 0 Å². The SMILES string of the molecule is CNCCN(C(C)C)S(=O)(=O)c1ccccc1[N+](=O)[O-]. The number of benzene rings is 1. The zero-order valence-corrected chi connectivity index (χ0v) is 12.6. The first kappa shape index (κ1) is 16.5. The van der Waals surface area contributed by atoms with Crippen molar-refractivity contribution in [1.82, 2.24) is 9.62 Å². The predicted octanol–water partition coefficient (Wildman–Crippen LogP) is 1.21. The first-order chi connectivity index (χ1) is 9.32. The van der Waals surface area contributed by atoms with Crippen molar-refractivity contribution in [2.75, 3.05) is 20.1 Å². The molecule has 0 atom stereocenters. The van der Waals surface area contributed by atoms with Crippen LogP contribution in [-0.2, 0) is 10.0 Å². The summed E-state index contributed by atoms with van der Waals surface area (Å²) < 4.78 is 26.5. The van der Waals surface area contributed by atoms with Gasteiger partial charge in [-0.1, -0.05) is 12.1 Å². The van der Waals surface area contributed by atoms with Gasteiger partial charge in [0, 0.05) is 25.2 Å². The minimum atomic E-state index is -3.90. The number of para-hydroxylation sites is 1. The van der Waals surface area contributed by atoms with Gasteiger partial charge in [-0.15, -0.1) is 0 Å². The summed E-state index contributed by atoms with van der Waals surface area (Å²) in [7, 11) is -2.18. The molecule has 0 fully saturated rings. The highest BCUT2D eigenvalue weighted by atomic mass is 32.2. The standard InChI is InChI=1S/C12H19N3O4S/c1-10(2)14(9-8-13-3)20(18,19)12-7-5-4-6-11(12)15(16)17/h4-7,10,13H,8-9H2,1-3H3. The summed E-state index contributed by atoms with van der Waals surface area (Å²) in [6.45, 7) is 4.20. The number of likely N-dealkylation sites (N-methyl/N-ethyl adjacent to an activating group) is 1. The zero-order chi connectivity index (χ0) is 15.3. The molecule has 0 amide bonds. The van der Waals surface area contributed by atoms with Gasteiger partial charge in [0.25, 0.3) is 5.69 Å². The molecule has 20 heavy (non-hydrogen) atoms. The Labute approximate surface area is 118 Å². The van der Waals surface area contributed by atoms with E-state index in [1.54, 1.807) is 20.9 Å². The van der Waals surface area contributed by atoms with Gasteiger partial charge in [-0.05, 0) is 27.0 Å². The zero-order valence-electron chi connectivity index (χ0n) is 11.7. The molecule has 112 valence electrons. The molecule has 0 aliphatic heterocycles. The van der Waals surface area contributed by atoms with Crippen molar-refractivity contribution in [3.8, 4) is 0 Å². The fourth-order valence-electron chi connectivity index (χ4n) is 1.83. The smallest absolute Gasteiger partial charge is 0.289 e. The van der Waals surface area contributed by atoms with Crippen molar-refractivity contribution in [3.63, 3.8) is 0 Å². The van der Waals surface area contributed by atoms with Gasteiger partial charge >= 0.3 is 0 Å². The van der Waals surface area contributed by atoms with Crippen LogP contribution < -0.4 is 5.32 Å². The summed E-state index contributed by atoms with van der Waals surface area (Å²) in [6.07, 6.45) is 0. The molecule has 0 radical (unpaired) electrons. The van der Waals surface area contributed by atoms with E-state index >= 15 is 0 Å². The fourth-order valence-corrected chi connectivity index (χ4v) is 3.63. The number of nitrogens with one attached hydrogen (secondary N) is 1. The lowest BCUT2D eigenvalue weighted by atomic mass is 10.3. The second-order valence-corrected chi connectivity index (χ2v) is 6.40. The van der Waals surface area contributed by atoms with Crippen LogP contribution in [0.4, 0.5) is 5.69 Å². The predicted molar refractivity (Wildman–Crippen MR) is 76.1 cm³/mol. The molecule has 0 spiro atoms. The summed E-state index contributed by atoms with van der Waals surface area (Å²) >= 11 is 0. The maximum Gasteiger partial charge on any atom is 0.289 e. The Morgan fingerprint density at radius 1 is 1.35 bits per heavy atom. The largest absolute Gasteiger partial charge is 0.318 e. The molecule has 0 bridgehead atoms. The van der Waals surface area contributed by atoms with Crippen LogP contribution >= 0.6 is 0 Å². The lowest BCUT2D eigenvalue weighted by molar-refractivity contribution is -0.387. The van der Waals surface area contributed by atoms with E-state index in [4.69, 9.17) is 0 Å². The Kier molecular flexibility index (Phi) is 5.61. The number of nitrogens with zero attached hydrogens (tertiary/aromatic N) is 2. The van der Waals surface area contributed by atoms with Crippen molar-refractivity contribution >= 4 is 15.7 Å². The van der Waals surface area contributed by atoms with Gasteiger partial charge in [0.1, 0.15) is 0 Å². The second kappa shape index (κ2) is 6.78. The lowest BCUT2D eigenvalue weighted by Crippen LogP contribution is -2.41. The Morgan fingerprint density at radius 2 is 1.95 bits per heavy atom. The minimum Gasteiger partial charge on any atom is -0.318 e. The summed E-state index contributed by atoms with van der Waals surface area (Å²) in [5.41, 5.74) is -0.400. The Hall–Kier alpha value is -1.51. The number of hydrogen-bond donors (Lipinski definition) is 1. The van der Waals surface area contributed by atoms with Gasteiger partial charge in [-0.25, -0.2) is 8.42 Å². The van der Waals surface area contributed by atoms with Gasteiger partial charge in [-0.2, -0.15) is 4.31 Å². The van der Waals surface area contributed by atoms with Gasteiger partial charge < -0.3 is 5.32 Å². The number of sulfonamides is 1. The van der Waals surface area contributed by atoms with Crippen LogP contribution in [0.1, 0.15) is 13.8 Å². The molecule has 0 aliphatic rings. The summed E-state index contributed by atoms with van der Waals surface area (Å²) in [5.74, 6) is 0. The fraction of sp³-hybridized carbons (Fsp3) is 0.500. The van der Waals surface area contributed by atoms with Crippen molar-refractivity contribution in [2.45, 2.75) is 24.8 Å². The third-order valence-electron chi connectivity index (χ3n) is 2.81. The Morgan fingerprint density at radius 3 is 2.45 bits per heavy atom. The number of rotatable bonds is 7. The van der Waals surface area contributed by atoms with Gasteiger partial charge in [0.15, 0.2) is 4.90 Å². The number of nitro groups is 1. The summed E-state index contributed by atoms with van der Waals surface area (Å²) in [5, 5.41) is 13.9. The van der Waals surface area contributed by atoms with Gasteiger partial charge in [-0.3, -0.25) is 10.1 Å². The molecule has 0 aromatic heterocycles. The third-order valence-corrected chi connectivity index (χ3v) is 4.93. The summed E-state index contributed by atoms with van der Waals surface area (Å²) in [6, 6.07) is 5.11. The molecular weight excluding hydrogens is 282 g/mol. The van der Waals surface area contributed by atoms with Crippen LogP contribution in [0, 0.1) is 10.1 Å². The third kappa shape index (κ3) is 3.53. The van der Waals surface area contributed by atoms with Crippen molar-refractivity contribution in [2.24, 2.45) is 0 Å². The van der Waals surface area contributed by atoms with Crippen LogP contribution in [0.25, 0.3) is 0 Å². The highest BCUT2D eigenvalue weighted by Gasteiger charge is 2.32. The van der Waals surface area contributed by atoms with E-state index in [2.05, 4.69) is 5.32 Å². The molecule has 0 saturated heterocycles. The average molecular weight is 301 g/mol. The van der Waals surface area contributed by atoms with Gasteiger partial charge in [0.2, 0.25) is 10.0 Å². The lowest BCUT2D eigenvalue weighted by Gasteiger charge is -2.25. The first-order valence-corrected chi connectivity index (χ1v) is 7.66. The molecule has 8 heteroatoms. The van der Waals surface area contributed by atoms with Crippen molar-refractivity contribution < 1.29 is 13.3 Å². The molecule has 1 aromatic rings. The molecule has 1 rings (SSSR count). The van der Waals surface area contributed by atoms with E-state index in [1.807, 2.05) is 0 Å². The van der Waals surface area contributed by atoms with Crippen molar-refractivity contribution in [3.05, 3.63) is 34.4 Å². The normalized spacial score (nSPS) is 12.1. The highest BCUT2D eigenvalue weighted by Crippen LogP contribution is 2.27. The van der Waals surface area contributed by atoms with E-state index in [0.29, 0.717) is 6.54 Å². The monoisotopic (exact) mass is 301 g/mol. The maximum absolute atomic E-state index is 12.6. The molecule has 1 N–H and O–H groups in total. The number of nitro benzene ring substituents is 1.